The number of carboxylic acids is 1. The summed E-state index contributed by atoms with van der Waals surface area (Å²) in [5.41, 5.74) is 5.69. The monoisotopic (exact) mass is 300 g/mol. The Bertz CT molecular complexity index is 610. The SMILES string of the molecule is COc1ccc(C=CC(=O)O)cc1S(=O)(=O)NCCN. The number of carbonyl (C=O) groups is 1. The van der Waals surface area contributed by atoms with Crippen molar-refractivity contribution in [1.82, 2.24) is 4.72 Å². The van der Waals surface area contributed by atoms with Gasteiger partial charge in [-0.15, -0.1) is 0 Å². The predicted octanol–water partition coefficient (Wildman–Crippen LogP) is 0.0300. The van der Waals surface area contributed by atoms with Gasteiger partial charge in [-0.05, 0) is 23.8 Å². The van der Waals surface area contributed by atoms with Gasteiger partial charge in [-0.1, -0.05) is 6.07 Å². The molecule has 0 fully saturated rings. The Hall–Kier alpha value is -1.90. The van der Waals surface area contributed by atoms with Crippen molar-refractivity contribution in [2.75, 3.05) is 20.2 Å². The first-order chi connectivity index (χ1) is 9.40. The highest BCUT2D eigenvalue weighted by molar-refractivity contribution is 7.89. The Morgan fingerprint density at radius 2 is 2.20 bits per heavy atom. The minimum absolute atomic E-state index is 0.0685. The molecule has 0 saturated carbocycles. The van der Waals surface area contributed by atoms with Crippen molar-refractivity contribution in [1.29, 1.82) is 0 Å². The van der Waals surface area contributed by atoms with Crippen LogP contribution < -0.4 is 15.2 Å². The molecular weight excluding hydrogens is 284 g/mol. The van der Waals surface area contributed by atoms with Crippen LogP contribution in [0.25, 0.3) is 6.08 Å². The third-order valence-corrected chi connectivity index (χ3v) is 3.81. The number of hydrogen-bond acceptors (Lipinski definition) is 5. The molecule has 0 atom stereocenters. The second-order valence-electron chi connectivity index (χ2n) is 3.77. The molecule has 0 spiro atoms. The molecule has 0 amide bonds. The number of rotatable bonds is 7. The fourth-order valence-corrected chi connectivity index (χ4v) is 2.70. The van der Waals surface area contributed by atoms with Crippen molar-refractivity contribution in [3.8, 4) is 5.75 Å². The standard InChI is InChI=1S/C12H16N2O5S/c1-19-10-4-2-9(3-5-12(15)16)8-11(10)20(17,18)14-7-6-13/h2-5,8,14H,6-7,13H2,1H3,(H,15,16). The molecule has 0 aliphatic rings. The predicted molar refractivity (Wildman–Crippen MR) is 73.9 cm³/mol. The molecule has 110 valence electrons. The Labute approximate surface area is 117 Å². The molecule has 0 radical (unpaired) electrons. The maximum atomic E-state index is 12.1. The van der Waals surface area contributed by atoms with Crippen LogP contribution in [0.4, 0.5) is 0 Å². The molecule has 0 aliphatic carbocycles. The summed E-state index contributed by atoms with van der Waals surface area (Å²) in [5, 5.41) is 8.56. The summed E-state index contributed by atoms with van der Waals surface area (Å²) < 4.78 is 31.5. The highest BCUT2D eigenvalue weighted by Crippen LogP contribution is 2.25. The number of hydrogen-bond donors (Lipinski definition) is 3. The molecule has 1 aromatic rings. The third-order valence-electron chi connectivity index (χ3n) is 2.33. The molecule has 20 heavy (non-hydrogen) atoms. The van der Waals surface area contributed by atoms with Gasteiger partial charge in [0.1, 0.15) is 10.6 Å². The van der Waals surface area contributed by atoms with Crippen LogP contribution in [0.15, 0.2) is 29.2 Å². The largest absolute Gasteiger partial charge is 0.495 e. The molecule has 0 unspecified atom stereocenters. The average Bonchev–Trinajstić information content (AvgIpc) is 2.42. The summed E-state index contributed by atoms with van der Waals surface area (Å²) in [5.74, 6) is -0.950. The van der Waals surface area contributed by atoms with E-state index < -0.39 is 16.0 Å². The van der Waals surface area contributed by atoms with Crippen molar-refractivity contribution in [3.63, 3.8) is 0 Å². The number of nitrogens with one attached hydrogen (secondary N) is 1. The normalized spacial score (nSPS) is 11.7. The van der Waals surface area contributed by atoms with E-state index in [0.29, 0.717) is 5.56 Å². The van der Waals surface area contributed by atoms with Gasteiger partial charge in [0.25, 0.3) is 0 Å². The van der Waals surface area contributed by atoms with Crippen LogP contribution in [-0.4, -0.2) is 39.7 Å². The van der Waals surface area contributed by atoms with E-state index >= 15 is 0 Å². The molecule has 8 heteroatoms. The van der Waals surface area contributed by atoms with Crippen LogP contribution in [0.5, 0.6) is 5.75 Å². The fourth-order valence-electron chi connectivity index (χ4n) is 1.45. The van der Waals surface area contributed by atoms with E-state index in [1.54, 1.807) is 6.07 Å². The van der Waals surface area contributed by atoms with Crippen LogP contribution >= 0.6 is 0 Å². The summed E-state index contributed by atoms with van der Waals surface area (Å²) in [4.78, 5) is 10.4. The summed E-state index contributed by atoms with van der Waals surface area (Å²) in [6, 6.07) is 4.34. The zero-order valence-corrected chi connectivity index (χ0v) is 11.7. The number of aliphatic carboxylic acids is 1. The van der Waals surface area contributed by atoms with Crippen LogP contribution in [0.3, 0.4) is 0 Å². The quantitative estimate of drug-likeness (QED) is 0.611. The van der Waals surface area contributed by atoms with Gasteiger partial charge in [-0.2, -0.15) is 0 Å². The van der Waals surface area contributed by atoms with Gasteiger partial charge in [0.05, 0.1) is 7.11 Å². The zero-order valence-electron chi connectivity index (χ0n) is 10.9. The molecule has 0 aromatic heterocycles. The second kappa shape index (κ2) is 7.04. The van der Waals surface area contributed by atoms with E-state index in [9.17, 15) is 13.2 Å². The van der Waals surface area contributed by atoms with Crippen LogP contribution in [0.2, 0.25) is 0 Å². The lowest BCUT2D eigenvalue weighted by molar-refractivity contribution is -0.131. The van der Waals surface area contributed by atoms with Crippen molar-refractivity contribution in [2.24, 2.45) is 5.73 Å². The van der Waals surface area contributed by atoms with Crippen LogP contribution in [0.1, 0.15) is 5.56 Å². The van der Waals surface area contributed by atoms with Gasteiger partial charge in [-0.3, -0.25) is 0 Å². The van der Waals surface area contributed by atoms with E-state index in [0.717, 1.165) is 6.08 Å². The average molecular weight is 300 g/mol. The molecule has 1 aromatic carbocycles. The lowest BCUT2D eigenvalue weighted by atomic mass is 10.2. The number of benzene rings is 1. The first-order valence-electron chi connectivity index (χ1n) is 5.69. The van der Waals surface area contributed by atoms with Crippen molar-refractivity contribution >= 4 is 22.1 Å². The number of carboxylic acid groups (broad SMARTS) is 1. The topological polar surface area (TPSA) is 119 Å². The Morgan fingerprint density at radius 1 is 1.50 bits per heavy atom. The van der Waals surface area contributed by atoms with Gasteiger partial charge in [0, 0.05) is 19.2 Å². The first kappa shape index (κ1) is 16.2. The fraction of sp³-hybridized carbons (Fsp3) is 0.250. The summed E-state index contributed by atoms with van der Waals surface area (Å²) in [6.07, 6.45) is 2.22. The number of sulfonamides is 1. The first-order valence-corrected chi connectivity index (χ1v) is 7.18. The van der Waals surface area contributed by atoms with E-state index in [1.165, 1.54) is 25.3 Å². The molecule has 0 saturated heterocycles. The molecule has 0 heterocycles. The van der Waals surface area contributed by atoms with Gasteiger partial charge in [0.15, 0.2) is 0 Å². The zero-order chi connectivity index (χ0) is 15.2. The Balaban J connectivity index is 3.21. The van der Waals surface area contributed by atoms with Crippen molar-refractivity contribution < 1.29 is 23.1 Å². The molecule has 1 rings (SSSR count). The van der Waals surface area contributed by atoms with E-state index in [-0.39, 0.29) is 23.7 Å². The molecule has 0 aliphatic heterocycles. The lowest BCUT2D eigenvalue weighted by Gasteiger charge is -2.11. The third kappa shape index (κ3) is 4.34. The maximum Gasteiger partial charge on any atom is 0.328 e. The molecular formula is C12H16N2O5S. The van der Waals surface area contributed by atoms with Gasteiger partial charge < -0.3 is 15.6 Å². The minimum Gasteiger partial charge on any atom is -0.495 e. The van der Waals surface area contributed by atoms with E-state index in [4.69, 9.17) is 15.6 Å². The van der Waals surface area contributed by atoms with Crippen molar-refractivity contribution in [3.05, 3.63) is 29.8 Å². The van der Waals surface area contributed by atoms with E-state index in [1.807, 2.05) is 0 Å². The van der Waals surface area contributed by atoms with Gasteiger partial charge >= 0.3 is 5.97 Å². The lowest BCUT2D eigenvalue weighted by Crippen LogP contribution is -2.29. The summed E-state index contributed by atoms with van der Waals surface area (Å²) >= 11 is 0. The highest BCUT2D eigenvalue weighted by Gasteiger charge is 2.19. The van der Waals surface area contributed by atoms with Crippen LogP contribution in [0, 0.1) is 0 Å². The highest BCUT2D eigenvalue weighted by atomic mass is 32.2. The smallest absolute Gasteiger partial charge is 0.328 e. The molecule has 0 bridgehead atoms. The van der Waals surface area contributed by atoms with E-state index in [2.05, 4.69) is 4.72 Å². The maximum absolute atomic E-state index is 12.1. The second-order valence-corrected chi connectivity index (χ2v) is 5.50. The Kier molecular flexibility index (Phi) is 5.68. The number of ether oxygens (including phenoxy) is 1. The number of methoxy groups -OCH3 is 1. The van der Waals surface area contributed by atoms with Gasteiger partial charge in [0.2, 0.25) is 10.0 Å². The Morgan fingerprint density at radius 3 is 2.75 bits per heavy atom. The summed E-state index contributed by atoms with van der Waals surface area (Å²) in [7, 11) is -2.41. The van der Waals surface area contributed by atoms with Crippen molar-refractivity contribution in [2.45, 2.75) is 4.90 Å². The minimum atomic E-state index is -3.76. The molecule has 7 nitrogen and oxygen atoms in total. The molecule has 4 N–H and O–H groups in total. The van der Waals surface area contributed by atoms with Crippen LogP contribution in [-0.2, 0) is 14.8 Å². The van der Waals surface area contributed by atoms with Gasteiger partial charge in [-0.25, -0.2) is 17.9 Å². The number of nitrogens with two attached hydrogens (primary N) is 1. The summed E-state index contributed by atoms with van der Waals surface area (Å²) in [6.45, 7) is 0.265.